The molecule has 1 aromatic carbocycles. The second-order valence-corrected chi connectivity index (χ2v) is 7.02. The highest BCUT2D eigenvalue weighted by Gasteiger charge is 2.34. The maximum Gasteiger partial charge on any atom is 0.262 e. The molecule has 136 valence electrons. The van der Waals surface area contributed by atoms with Crippen LogP contribution in [0.2, 0.25) is 0 Å². The van der Waals surface area contributed by atoms with Gasteiger partial charge in [0.25, 0.3) is 5.91 Å². The van der Waals surface area contributed by atoms with E-state index in [1.54, 1.807) is 18.4 Å². The number of carbonyl (C=O) groups excluding carboxylic acids is 2. The normalized spacial score (nSPS) is 16.5. The standard InChI is InChI=1S/C19H21N3O3S/c1-21(19(24)13-25-2)12-18(23)22-16(14-7-4-3-5-8-14)11-15(20-22)17-9-6-10-26-17/h3-10,16H,11-13H2,1-2H3/t16-/m0/s1. The Labute approximate surface area is 156 Å². The number of hydrogen-bond donors (Lipinski definition) is 0. The van der Waals surface area contributed by atoms with Crippen molar-refractivity contribution in [1.29, 1.82) is 0 Å². The Bertz CT molecular complexity index is 790. The molecule has 0 unspecified atom stereocenters. The van der Waals surface area contributed by atoms with Crippen LogP contribution in [0.1, 0.15) is 22.9 Å². The summed E-state index contributed by atoms with van der Waals surface area (Å²) >= 11 is 1.61. The Morgan fingerprint density at radius 3 is 2.69 bits per heavy atom. The van der Waals surface area contributed by atoms with E-state index in [1.165, 1.54) is 17.0 Å². The summed E-state index contributed by atoms with van der Waals surface area (Å²) in [7, 11) is 3.05. The van der Waals surface area contributed by atoms with E-state index in [4.69, 9.17) is 4.74 Å². The molecule has 2 aromatic rings. The molecular weight excluding hydrogens is 350 g/mol. The number of hydrogen-bond acceptors (Lipinski definition) is 5. The molecule has 0 fully saturated rings. The van der Waals surface area contributed by atoms with Crippen LogP contribution in [0, 0.1) is 0 Å². The highest BCUT2D eigenvalue weighted by Crippen LogP contribution is 2.33. The van der Waals surface area contributed by atoms with E-state index >= 15 is 0 Å². The fourth-order valence-corrected chi connectivity index (χ4v) is 3.58. The lowest BCUT2D eigenvalue weighted by Gasteiger charge is -2.24. The van der Waals surface area contributed by atoms with E-state index < -0.39 is 0 Å². The van der Waals surface area contributed by atoms with Crippen LogP contribution < -0.4 is 0 Å². The molecule has 1 aliphatic heterocycles. The molecule has 2 heterocycles. The quantitative estimate of drug-likeness (QED) is 0.784. The van der Waals surface area contributed by atoms with Gasteiger partial charge in [-0.15, -0.1) is 11.3 Å². The molecule has 0 N–H and O–H groups in total. The number of amides is 2. The lowest BCUT2D eigenvalue weighted by Crippen LogP contribution is -2.40. The monoisotopic (exact) mass is 371 g/mol. The van der Waals surface area contributed by atoms with Gasteiger partial charge in [0.1, 0.15) is 13.2 Å². The van der Waals surface area contributed by atoms with Gasteiger partial charge in [0.15, 0.2) is 0 Å². The SMILES string of the molecule is COCC(=O)N(C)CC(=O)N1N=C(c2cccs2)C[C@H]1c1ccccc1. The van der Waals surface area contributed by atoms with Crippen molar-refractivity contribution in [2.75, 3.05) is 27.3 Å². The smallest absolute Gasteiger partial charge is 0.262 e. The number of thiophene rings is 1. The maximum atomic E-state index is 12.9. The first-order chi connectivity index (χ1) is 12.6. The van der Waals surface area contributed by atoms with E-state index in [2.05, 4.69) is 5.10 Å². The molecule has 0 bridgehead atoms. The zero-order chi connectivity index (χ0) is 18.5. The second kappa shape index (κ2) is 8.25. The molecule has 1 aliphatic rings. The van der Waals surface area contributed by atoms with Gasteiger partial charge in [-0.1, -0.05) is 36.4 Å². The number of nitrogens with zero attached hydrogens (tertiary/aromatic N) is 3. The summed E-state index contributed by atoms with van der Waals surface area (Å²) in [5.74, 6) is -0.448. The Morgan fingerprint density at radius 2 is 2.04 bits per heavy atom. The van der Waals surface area contributed by atoms with Crippen LogP contribution in [-0.2, 0) is 14.3 Å². The third kappa shape index (κ3) is 4.00. The van der Waals surface area contributed by atoms with E-state index in [0.717, 1.165) is 16.2 Å². The van der Waals surface area contributed by atoms with Crippen molar-refractivity contribution < 1.29 is 14.3 Å². The van der Waals surface area contributed by atoms with Gasteiger partial charge >= 0.3 is 0 Å². The Morgan fingerprint density at radius 1 is 1.27 bits per heavy atom. The van der Waals surface area contributed by atoms with Crippen LogP contribution in [0.5, 0.6) is 0 Å². The van der Waals surface area contributed by atoms with Crippen molar-refractivity contribution in [3.63, 3.8) is 0 Å². The number of rotatable bonds is 6. The number of methoxy groups -OCH3 is 1. The van der Waals surface area contributed by atoms with Gasteiger partial charge in [0.2, 0.25) is 5.91 Å². The summed E-state index contributed by atoms with van der Waals surface area (Å²) in [4.78, 5) is 27.2. The summed E-state index contributed by atoms with van der Waals surface area (Å²) < 4.78 is 4.85. The van der Waals surface area contributed by atoms with Crippen molar-refractivity contribution in [3.8, 4) is 0 Å². The van der Waals surface area contributed by atoms with Crippen molar-refractivity contribution in [1.82, 2.24) is 9.91 Å². The third-order valence-corrected chi connectivity index (χ3v) is 5.14. The van der Waals surface area contributed by atoms with Gasteiger partial charge in [-0.2, -0.15) is 5.10 Å². The third-order valence-electron chi connectivity index (χ3n) is 4.22. The second-order valence-electron chi connectivity index (χ2n) is 6.08. The van der Waals surface area contributed by atoms with Crippen molar-refractivity contribution >= 4 is 28.9 Å². The molecule has 1 aromatic heterocycles. The fourth-order valence-electron chi connectivity index (χ4n) is 2.86. The van der Waals surface area contributed by atoms with Crippen LogP contribution in [-0.4, -0.2) is 54.7 Å². The first-order valence-corrected chi connectivity index (χ1v) is 9.19. The predicted molar refractivity (Wildman–Crippen MR) is 101 cm³/mol. The Hall–Kier alpha value is -2.51. The van der Waals surface area contributed by atoms with E-state index in [-0.39, 0.29) is 31.0 Å². The Kier molecular flexibility index (Phi) is 5.80. The van der Waals surface area contributed by atoms with Gasteiger partial charge in [0.05, 0.1) is 16.6 Å². The molecule has 2 amide bonds. The van der Waals surface area contributed by atoms with Gasteiger partial charge in [-0.25, -0.2) is 5.01 Å². The van der Waals surface area contributed by atoms with Gasteiger partial charge < -0.3 is 9.64 Å². The number of hydrazone groups is 1. The summed E-state index contributed by atoms with van der Waals surface area (Å²) in [5.41, 5.74) is 1.93. The van der Waals surface area contributed by atoms with Crippen molar-refractivity contribution in [2.45, 2.75) is 12.5 Å². The zero-order valence-electron chi connectivity index (χ0n) is 14.8. The van der Waals surface area contributed by atoms with Crippen molar-refractivity contribution in [2.24, 2.45) is 5.10 Å². The number of benzene rings is 1. The van der Waals surface area contributed by atoms with Crippen molar-refractivity contribution in [3.05, 3.63) is 58.3 Å². The van der Waals surface area contributed by atoms with Crippen LogP contribution in [0.25, 0.3) is 0 Å². The molecule has 0 spiro atoms. The van der Waals surface area contributed by atoms with E-state index in [9.17, 15) is 9.59 Å². The summed E-state index contributed by atoms with van der Waals surface area (Å²) in [6.07, 6.45) is 0.659. The summed E-state index contributed by atoms with van der Waals surface area (Å²) in [6.45, 7) is -0.0810. The average molecular weight is 371 g/mol. The topological polar surface area (TPSA) is 62.2 Å². The van der Waals surface area contributed by atoms with Crippen LogP contribution in [0.3, 0.4) is 0 Å². The minimum Gasteiger partial charge on any atom is -0.375 e. The molecule has 0 radical (unpaired) electrons. The molecule has 0 saturated heterocycles. The van der Waals surface area contributed by atoms with Gasteiger partial charge in [0, 0.05) is 20.6 Å². The van der Waals surface area contributed by atoms with Crippen LogP contribution in [0.4, 0.5) is 0 Å². The molecule has 3 rings (SSSR count). The Balaban J connectivity index is 1.82. The van der Waals surface area contributed by atoms with Crippen LogP contribution >= 0.6 is 11.3 Å². The minimum absolute atomic E-state index is 0.0350. The highest BCUT2D eigenvalue weighted by molar-refractivity contribution is 7.12. The lowest BCUT2D eigenvalue weighted by molar-refractivity contribution is -0.142. The van der Waals surface area contributed by atoms with Gasteiger partial charge in [-0.05, 0) is 17.0 Å². The zero-order valence-corrected chi connectivity index (χ0v) is 15.6. The van der Waals surface area contributed by atoms with Gasteiger partial charge in [-0.3, -0.25) is 9.59 Å². The molecular formula is C19H21N3O3S. The summed E-state index contributed by atoms with van der Waals surface area (Å²) in [6, 6.07) is 13.7. The molecule has 7 heteroatoms. The lowest BCUT2D eigenvalue weighted by atomic mass is 10.0. The number of ether oxygens (including phenoxy) is 1. The average Bonchev–Trinajstić information content (AvgIpc) is 3.32. The largest absolute Gasteiger partial charge is 0.375 e. The molecule has 26 heavy (non-hydrogen) atoms. The minimum atomic E-state index is -0.237. The molecule has 0 aliphatic carbocycles. The first-order valence-electron chi connectivity index (χ1n) is 8.31. The number of carbonyl (C=O) groups is 2. The molecule has 6 nitrogen and oxygen atoms in total. The summed E-state index contributed by atoms with van der Waals surface area (Å²) in [5, 5.41) is 8.10. The molecule has 1 atom stereocenters. The maximum absolute atomic E-state index is 12.9. The van der Waals surface area contributed by atoms with E-state index in [0.29, 0.717) is 6.42 Å². The predicted octanol–water partition coefficient (Wildman–Crippen LogP) is 2.53. The first kappa shape index (κ1) is 18.3. The van der Waals surface area contributed by atoms with E-state index in [1.807, 2.05) is 47.8 Å². The highest BCUT2D eigenvalue weighted by atomic mass is 32.1. The molecule has 0 saturated carbocycles. The van der Waals surface area contributed by atoms with Crippen LogP contribution in [0.15, 0.2) is 52.9 Å². The number of likely N-dealkylation sites (N-methyl/N-ethyl adjacent to an activating group) is 1. The fraction of sp³-hybridized carbons (Fsp3) is 0.316.